The molecular weight excluding hydrogens is 344 g/mol. The lowest BCUT2D eigenvalue weighted by Crippen LogP contribution is -2.33. The van der Waals surface area contributed by atoms with Gasteiger partial charge in [-0.2, -0.15) is 0 Å². The van der Waals surface area contributed by atoms with Gasteiger partial charge in [0.15, 0.2) is 0 Å². The first kappa shape index (κ1) is 19.0. The molecule has 0 bridgehead atoms. The van der Waals surface area contributed by atoms with E-state index in [1.807, 2.05) is 35.2 Å². The largest absolute Gasteiger partial charge is 0.461 e. The summed E-state index contributed by atoms with van der Waals surface area (Å²) in [4.78, 5) is 25.7. The van der Waals surface area contributed by atoms with Gasteiger partial charge in [0.2, 0.25) is 0 Å². The fourth-order valence-corrected chi connectivity index (χ4v) is 3.62. The van der Waals surface area contributed by atoms with Crippen molar-refractivity contribution >= 4 is 11.7 Å². The highest BCUT2D eigenvalue weighted by molar-refractivity contribution is 5.78. The van der Waals surface area contributed by atoms with Gasteiger partial charge in [0, 0.05) is 18.2 Å². The van der Waals surface area contributed by atoms with Crippen molar-refractivity contribution in [1.29, 1.82) is 0 Å². The van der Waals surface area contributed by atoms with Crippen molar-refractivity contribution in [2.45, 2.75) is 44.4 Å². The molecule has 142 valence electrons. The molecule has 0 N–H and O–H groups in total. The molecule has 2 aromatic carbocycles. The molecule has 0 heterocycles. The molecule has 3 rings (SSSR count). The summed E-state index contributed by atoms with van der Waals surface area (Å²) in [5, 5.41) is 11.3. The summed E-state index contributed by atoms with van der Waals surface area (Å²) in [7, 11) is 1.80. The van der Waals surface area contributed by atoms with Crippen LogP contribution in [0.5, 0.6) is 0 Å². The number of carbonyl (C=O) groups excluding carboxylic acids is 1. The summed E-state index contributed by atoms with van der Waals surface area (Å²) < 4.78 is 5.75. The second-order valence-electron chi connectivity index (χ2n) is 6.96. The first-order valence-corrected chi connectivity index (χ1v) is 9.24. The van der Waals surface area contributed by atoms with Crippen LogP contribution in [0.25, 0.3) is 0 Å². The molecule has 0 unspecified atom stereocenters. The monoisotopic (exact) mass is 368 g/mol. The highest BCUT2D eigenvalue weighted by atomic mass is 16.6. The van der Waals surface area contributed by atoms with Crippen molar-refractivity contribution in [3.63, 3.8) is 0 Å². The van der Waals surface area contributed by atoms with E-state index in [1.54, 1.807) is 25.2 Å². The Labute approximate surface area is 158 Å². The lowest BCUT2D eigenvalue weighted by atomic mass is 10.0. The van der Waals surface area contributed by atoms with Gasteiger partial charge in [-0.05, 0) is 38.3 Å². The molecule has 0 saturated heterocycles. The third-order valence-electron chi connectivity index (χ3n) is 4.97. The number of hydrogen-bond acceptors (Lipinski definition) is 5. The number of ether oxygens (including phenoxy) is 1. The molecule has 6 heteroatoms. The number of nitro groups is 1. The van der Waals surface area contributed by atoms with Gasteiger partial charge in [0.1, 0.15) is 12.1 Å². The molecule has 1 saturated carbocycles. The van der Waals surface area contributed by atoms with E-state index in [2.05, 4.69) is 0 Å². The van der Waals surface area contributed by atoms with Gasteiger partial charge < -0.3 is 4.74 Å². The average Bonchev–Trinajstić information content (AvgIpc) is 3.16. The van der Waals surface area contributed by atoms with Gasteiger partial charge in [-0.15, -0.1) is 0 Å². The Balaban J connectivity index is 1.83. The smallest absolute Gasteiger partial charge is 0.328 e. The van der Waals surface area contributed by atoms with E-state index in [-0.39, 0.29) is 24.3 Å². The Kier molecular flexibility index (Phi) is 6.19. The number of nitro benzene ring substituents is 1. The number of likely N-dealkylation sites (N-methyl/N-ethyl adjacent to an activating group) is 1. The molecule has 1 aliphatic carbocycles. The van der Waals surface area contributed by atoms with E-state index >= 15 is 0 Å². The fraction of sp³-hybridized carbons (Fsp3) is 0.381. The average molecular weight is 368 g/mol. The van der Waals surface area contributed by atoms with Crippen molar-refractivity contribution in [3.05, 3.63) is 75.8 Å². The number of nitrogens with zero attached hydrogens (tertiary/aromatic N) is 2. The predicted octanol–water partition coefficient (Wildman–Crippen LogP) is 4.25. The van der Waals surface area contributed by atoms with Crippen molar-refractivity contribution in [2.24, 2.45) is 0 Å². The Morgan fingerprint density at radius 2 is 1.78 bits per heavy atom. The molecule has 0 amide bonds. The molecule has 0 aromatic heterocycles. The number of esters is 1. The standard InChI is InChI=1S/C21H24N2O4/c1-22(15-17-11-5-8-14-19(17)23(25)26)20(16-9-3-2-4-10-16)21(24)27-18-12-6-7-13-18/h2-5,8-11,14,18,20H,6-7,12-13,15H2,1H3/t20-/m0/s1. The Morgan fingerprint density at radius 1 is 1.15 bits per heavy atom. The lowest BCUT2D eigenvalue weighted by molar-refractivity contribution is -0.385. The van der Waals surface area contributed by atoms with Crippen LogP contribution in [0.2, 0.25) is 0 Å². The minimum atomic E-state index is -0.605. The molecule has 1 fully saturated rings. The maximum Gasteiger partial charge on any atom is 0.328 e. The van der Waals surface area contributed by atoms with Crippen molar-refractivity contribution in [3.8, 4) is 0 Å². The first-order chi connectivity index (χ1) is 13.1. The summed E-state index contributed by atoms with van der Waals surface area (Å²) in [6.45, 7) is 0.274. The molecule has 27 heavy (non-hydrogen) atoms. The molecule has 1 atom stereocenters. The second-order valence-corrected chi connectivity index (χ2v) is 6.96. The number of benzene rings is 2. The Bertz CT molecular complexity index is 788. The topological polar surface area (TPSA) is 72.7 Å². The minimum absolute atomic E-state index is 0.0248. The Morgan fingerprint density at radius 3 is 2.44 bits per heavy atom. The number of hydrogen-bond donors (Lipinski definition) is 0. The van der Waals surface area contributed by atoms with E-state index in [0.717, 1.165) is 31.2 Å². The first-order valence-electron chi connectivity index (χ1n) is 9.24. The number of carbonyl (C=O) groups is 1. The number of para-hydroxylation sites is 1. The summed E-state index contributed by atoms with van der Waals surface area (Å²) in [6.07, 6.45) is 3.95. The highest BCUT2D eigenvalue weighted by Crippen LogP contribution is 2.29. The van der Waals surface area contributed by atoms with Crippen LogP contribution in [0, 0.1) is 10.1 Å². The molecule has 0 aliphatic heterocycles. The van der Waals surface area contributed by atoms with Gasteiger partial charge in [-0.3, -0.25) is 15.0 Å². The normalized spacial score (nSPS) is 15.6. The van der Waals surface area contributed by atoms with Gasteiger partial charge in [0.25, 0.3) is 5.69 Å². The van der Waals surface area contributed by atoms with Crippen LogP contribution in [0.3, 0.4) is 0 Å². The van der Waals surface area contributed by atoms with Crippen LogP contribution in [-0.4, -0.2) is 28.9 Å². The predicted molar refractivity (Wildman–Crippen MR) is 102 cm³/mol. The van der Waals surface area contributed by atoms with E-state index in [9.17, 15) is 14.9 Å². The van der Waals surface area contributed by atoms with Crippen molar-refractivity contribution in [1.82, 2.24) is 4.90 Å². The summed E-state index contributed by atoms with van der Waals surface area (Å²) in [6, 6.07) is 15.4. The minimum Gasteiger partial charge on any atom is -0.461 e. The highest BCUT2D eigenvalue weighted by Gasteiger charge is 2.31. The lowest BCUT2D eigenvalue weighted by Gasteiger charge is -2.28. The third kappa shape index (κ3) is 4.71. The molecule has 2 aromatic rings. The quantitative estimate of drug-likeness (QED) is 0.415. The van der Waals surface area contributed by atoms with E-state index in [4.69, 9.17) is 4.74 Å². The van der Waals surface area contributed by atoms with Gasteiger partial charge in [-0.25, -0.2) is 4.79 Å². The van der Waals surface area contributed by atoms with Crippen LogP contribution in [0.4, 0.5) is 5.69 Å². The van der Waals surface area contributed by atoms with E-state index < -0.39 is 11.0 Å². The van der Waals surface area contributed by atoms with Crippen LogP contribution < -0.4 is 0 Å². The van der Waals surface area contributed by atoms with Crippen LogP contribution in [0.1, 0.15) is 42.9 Å². The van der Waals surface area contributed by atoms with Crippen LogP contribution >= 0.6 is 0 Å². The molecular formula is C21H24N2O4. The van der Waals surface area contributed by atoms with Gasteiger partial charge in [-0.1, -0.05) is 48.5 Å². The van der Waals surface area contributed by atoms with Crippen molar-refractivity contribution in [2.75, 3.05) is 7.05 Å². The zero-order valence-corrected chi connectivity index (χ0v) is 15.4. The second kappa shape index (κ2) is 8.77. The maximum atomic E-state index is 13.0. The summed E-state index contributed by atoms with van der Waals surface area (Å²) in [5.74, 6) is -0.297. The maximum absolute atomic E-state index is 13.0. The van der Waals surface area contributed by atoms with Gasteiger partial charge in [0.05, 0.1) is 4.92 Å². The molecule has 1 aliphatic rings. The van der Waals surface area contributed by atoms with Crippen LogP contribution in [0.15, 0.2) is 54.6 Å². The fourth-order valence-electron chi connectivity index (χ4n) is 3.62. The summed E-state index contributed by atoms with van der Waals surface area (Å²) >= 11 is 0. The van der Waals surface area contributed by atoms with E-state index in [0.29, 0.717) is 5.56 Å². The number of rotatable bonds is 7. The molecule has 0 radical (unpaired) electrons. The Hall–Kier alpha value is -2.73. The molecule has 6 nitrogen and oxygen atoms in total. The van der Waals surface area contributed by atoms with Gasteiger partial charge >= 0.3 is 5.97 Å². The van der Waals surface area contributed by atoms with Crippen LogP contribution in [-0.2, 0) is 16.1 Å². The zero-order chi connectivity index (χ0) is 19.2. The molecule has 0 spiro atoms. The summed E-state index contributed by atoms with van der Waals surface area (Å²) in [5.41, 5.74) is 1.45. The van der Waals surface area contributed by atoms with E-state index in [1.165, 1.54) is 6.07 Å². The third-order valence-corrected chi connectivity index (χ3v) is 4.97. The van der Waals surface area contributed by atoms with Crippen molar-refractivity contribution < 1.29 is 14.5 Å². The zero-order valence-electron chi connectivity index (χ0n) is 15.4. The SMILES string of the molecule is CN(Cc1ccccc1[N+](=O)[O-])[C@H](C(=O)OC1CCCC1)c1ccccc1.